The van der Waals surface area contributed by atoms with Gasteiger partial charge in [-0.1, -0.05) is 11.2 Å². The van der Waals surface area contributed by atoms with Crippen molar-refractivity contribution in [1.29, 1.82) is 0 Å². The Morgan fingerprint density at radius 1 is 1.33 bits per heavy atom. The van der Waals surface area contributed by atoms with Crippen LogP contribution in [0.3, 0.4) is 0 Å². The first-order chi connectivity index (χ1) is 11.1. The molecular formula is C15H18BrN3O4S. The molecule has 0 radical (unpaired) electrons. The minimum atomic E-state index is -3.86. The fourth-order valence-corrected chi connectivity index (χ4v) is 4.20. The molecule has 0 saturated heterocycles. The van der Waals surface area contributed by atoms with Crippen LogP contribution in [0, 0.1) is 20.8 Å². The van der Waals surface area contributed by atoms with E-state index in [-0.39, 0.29) is 22.9 Å². The number of hydrogen-bond acceptors (Lipinski definition) is 5. The maximum absolute atomic E-state index is 12.6. The lowest BCUT2D eigenvalue weighted by atomic mass is 10.2. The molecule has 1 amide bonds. The van der Waals surface area contributed by atoms with Crippen molar-refractivity contribution in [2.24, 2.45) is 0 Å². The zero-order valence-corrected chi connectivity index (χ0v) is 16.2. The van der Waals surface area contributed by atoms with E-state index in [1.54, 1.807) is 13.0 Å². The number of aromatic nitrogens is 1. The normalized spacial score (nSPS) is 11.8. The molecule has 7 nitrogen and oxygen atoms in total. The van der Waals surface area contributed by atoms with E-state index in [0.29, 0.717) is 5.69 Å². The average Bonchev–Trinajstić information content (AvgIpc) is 2.81. The summed E-state index contributed by atoms with van der Waals surface area (Å²) >= 11 is 3.36. The van der Waals surface area contributed by atoms with Crippen molar-refractivity contribution >= 4 is 37.5 Å². The van der Waals surface area contributed by atoms with Crippen LogP contribution in [-0.4, -0.2) is 37.4 Å². The Morgan fingerprint density at radius 2 is 2.00 bits per heavy atom. The number of halogens is 1. The molecule has 0 aliphatic heterocycles. The number of carbonyl (C=O) groups is 1. The van der Waals surface area contributed by atoms with Crippen LogP contribution in [0.2, 0.25) is 0 Å². The molecule has 0 aliphatic carbocycles. The highest BCUT2D eigenvalue weighted by atomic mass is 79.9. The zero-order chi connectivity index (χ0) is 18.1. The Bertz CT molecular complexity index is 857. The topological polar surface area (TPSA) is 92.5 Å². The van der Waals surface area contributed by atoms with Gasteiger partial charge in [-0.25, -0.2) is 8.42 Å². The van der Waals surface area contributed by atoms with Crippen LogP contribution in [0.5, 0.6) is 0 Å². The smallest absolute Gasteiger partial charge is 0.248 e. The summed E-state index contributed by atoms with van der Waals surface area (Å²) in [5.41, 5.74) is 1.88. The lowest BCUT2D eigenvalue weighted by Crippen LogP contribution is -2.35. The van der Waals surface area contributed by atoms with Crippen LogP contribution in [0.4, 0.5) is 5.69 Å². The molecule has 0 unspecified atom stereocenters. The highest BCUT2D eigenvalue weighted by molar-refractivity contribution is 9.10. The molecule has 0 saturated carbocycles. The number of amides is 1. The summed E-state index contributed by atoms with van der Waals surface area (Å²) in [6.45, 7) is 4.66. The zero-order valence-electron chi connectivity index (χ0n) is 13.8. The standard InChI is InChI=1S/C15H18BrN3O4S/c1-9-5-6-13(12(16)7-9)17-14(20)8-19(4)24(21,22)15-10(2)18-23-11(15)3/h5-7H,8H2,1-4H3,(H,17,20). The van der Waals surface area contributed by atoms with Crippen LogP contribution in [0.15, 0.2) is 32.1 Å². The van der Waals surface area contributed by atoms with Crippen LogP contribution in [-0.2, 0) is 14.8 Å². The number of hydrogen-bond donors (Lipinski definition) is 1. The third kappa shape index (κ3) is 3.85. The number of benzene rings is 1. The molecule has 0 fully saturated rings. The van der Waals surface area contributed by atoms with E-state index >= 15 is 0 Å². The lowest BCUT2D eigenvalue weighted by Gasteiger charge is -2.17. The first kappa shape index (κ1) is 18.6. The van der Waals surface area contributed by atoms with E-state index in [2.05, 4.69) is 26.4 Å². The molecule has 2 rings (SSSR count). The highest BCUT2D eigenvalue weighted by Gasteiger charge is 2.29. The van der Waals surface area contributed by atoms with Gasteiger partial charge in [0.25, 0.3) is 0 Å². The van der Waals surface area contributed by atoms with Crippen LogP contribution in [0.1, 0.15) is 17.0 Å². The maximum atomic E-state index is 12.6. The third-order valence-corrected chi connectivity index (χ3v) is 6.11. The maximum Gasteiger partial charge on any atom is 0.248 e. The minimum Gasteiger partial charge on any atom is -0.360 e. The number of carbonyl (C=O) groups excluding carboxylic acids is 1. The van der Waals surface area contributed by atoms with Crippen LogP contribution in [0.25, 0.3) is 0 Å². The quantitative estimate of drug-likeness (QED) is 0.809. The van der Waals surface area contributed by atoms with Gasteiger partial charge in [-0.05, 0) is 54.4 Å². The molecule has 1 aromatic carbocycles. The Hall–Kier alpha value is -1.71. The number of sulfonamides is 1. The molecule has 0 bridgehead atoms. The van der Waals surface area contributed by atoms with Crippen LogP contribution < -0.4 is 5.32 Å². The van der Waals surface area contributed by atoms with Gasteiger partial charge < -0.3 is 9.84 Å². The monoisotopic (exact) mass is 415 g/mol. The van der Waals surface area contributed by atoms with Gasteiger partial charge in [0.1, 0.15) is 10.6 Å². The molecule has 1 aromatic heterocycles. The predicted octanol–water partition coefficient (Wildman–Crippen LogP) is 2.62. The van der Waals surface area contributed by atoms with E-state index in [0.717, 1.165) is 14.3 Å². The molecule has 1 N–H and O–H groups in total. The minimum absolute atomic E-state index is 0.00526. The van der Waals surface area contributed by atoms with Crippen LogP contribution >= 0.6 is 15.9 Å². The molecule has 0 spiro atoms. The summed E-state index contributed by atoms with van der Waals surface area (Å²) in [4.78, 5) is 12.2. The Labute approximate surface area is 149 Å². The van der Waals surface area contributed by atoms with Crippen molar-refractivity contribution < 1.29 is 17.7 Å². The van der Waals surface area contributed by atoms with Gasteiger partial charge in [-0.3, -0.25) is 4.79 Å². The Morgan fingerprint density at radius 3 is 2.54 bits per heavy atom. The number of likely N-dealkylation sites (N-methyl/N-ethyl adjacent to an activating group) is 1. The molecule has 2 aromatic rings. The summed E-state index contributed by atoms with van der Waals surface area (Å²) in [5.74, 6) is -0.251. The first-order valence-electron chi connectivity index (χ1n) is 7.08. The Balaban J connectivity index is 2.14. The molecular weight excluding hydrogens is 398 g/mol. The summed E-state index contributed by atoms with van der Waals surface area (Å²) in [5, 5.41) is 6.33. The number of rotatable bonds is 5. The highest BCUT2D eigenvalue weighted by Crippen LogP contribution is 2.24. The number of aryl methyl sites for hydroxylation is 3. The van der Waals surface area contributed by atoms with E-state index < -0.39 is 15.9 Å². The first-order valence-corrected chi connectivity index (χ1v) is 9.31. The van der Waals surface area contributed by atoms with Crippen molar-refractivity contribution in [1.82, 2.24) is 9.46 Å². The van der Waals surface area contributed by atoms with Crippen molar-refractivity contribution in [2.75, 3.05) is 18.9 Å². The molecule has 130 valence electrons. The summed E-state index contributed by atoms with van der Waals surface area (Å²) in [6, 6.07) is 5.46. The van der Waals surface area contributed by atoms with Gasteiger partial charge in [-0.15, -0.1) is 0 Å². The van der Waals surface area contributed by atoms with E-state index in [9.17, 15) is 13.2 Å². The second-order valence-electron chi connectivity index (χ2n) is 5.45. The lowest BCUT2D eigenvalue weighted by molar-refractivity contribution is -0.116. The second-order valence-corrected chi connectivity index (χ2v) is 8.28. The van der Waals surface area contributed by atoms with Crippen molar-refractivity contribution in [3.8, 4) is 0 Å². The summed E-state index contributed by atoms with van der Waals surface area (Å²) in [6.07, 6.45) is 0. The largest absolute Gasteiger partial charge is 0.360 e. The van der Waals surface area contributed by atoms with Gasteiger partial charge >= 0.3 is 0 Å². The van der Waals surface area contributed by atoms with Crippen molar-refractivity contribution in [2.45, 2.75) is 25.7 Å². The number of anilines is 1. The molecule has 9 heteroatoms. The molecule has 0 atom stereocenters. The van der Waals surface area contributed by atoms with Gasteiger partial charge in [-0.2, -0.15) is 4.31 Å². The van der Waals surface area contributed by atoms with E-state index in [4.69, 9.17) is 4.52 Å². The van der Waals surface area contributed by atoms with Crippen molar-refractivity contribution in [3.05, 3.63) is 39.7 Å². The predicted molar refractivity (Wildman–Crippen MR) is 93.3 cm³/mol. The third-order valence-electron chi connectivity index (χ3n) is 3.40. The second kappa shape index (κ2) is 7.04. The van der Waals surface area contributed by atoms with Gasteiger partial charge in [0.05, 0.1) is 12.2 Å². The molecule has 1 heterocycles. The average molecular weight is 416 g/mol. The van der Waals surface area contributed by atoms with E-state index in [1.165, 1.54) is 14.0 Å². The molecule has 0 aliphatic rings. The fourth-order valence-electron chi connectivity index (χ4n) is 2.20. The van der Waals surface area contributed by atoms with Gasteiger partial charge in [0, 0.05) is 11.5 Å². The fraction of sp³-hybridized carbons (Fsp3) is 0.333. The summed E-state index contributed by atoms with van der Waals surface area (Å²) < 4.78 is 31.7. The summed E-state index contributed by atoms with van der Waals surface area (Å²) in [7, 11) is -2.52. The van der Waals surface area contributed by atoms with E-state index in [1.807, 2.05) is 19.1 Å². The number of nitrogens with zero attached hydrogens (tertiary/aromatic N) is 2. The van der Waals surface area contributed by atoms with Crippen molar-refractivity contribution in [3.63, 3.8) is 0 Å². The Kier molecular flexibility index (Phi) is 5.46. The molecule has 24 heavy (non-hydrogen) atoms. The van der Waals surface area contributed by atoms with Gasteiger partial charge in [0.2, 0.25) is 15.9 Å². The van der Waals surface area contributed by atoms with Gasteiger partial charge in [0.15, 0.2) is 5.76 Å². The SMILES string of the molecule is Cc1ccc(NC(=O)CN(C)S(=O)(=O)c2c(C)noc2C)c(Br)c1. The number of nitrogens with one attached hydrogen (secondary N) is 1.